The molecule has 0 bridgehead atoms. The summed E-state index contributed by atoms with van der Waals surface area (Å²) in [5, 5.41) is 11.2. The van der Waals surface area contributed by atoms with E-state index in [2.05, 4.69) is 4.72 Å². The number of Topliss-reactive ketones (excluding diaryl/α,β-unsaturated/α-hetero) is 1. The summed E-state index contributed by atoms with van der Waals surface area (Å²) < 4.78 is 33.2. The molecule has 0 aromatic heterocycles. The molecular formula is C24H30N2O7S. The quantitative estimate of drug-likeness (QED) is 0.305. The number of carbonyl (C=O) groups excluding carboxylic acids is 2. The molecule has 0 amide bonds. The van der Waals surface area contributed by atoms with Crippen molar-refractivity contribution < 1.29 is 27.7 Å². The molecular weight excluding hydrogens is 460 g/mol. The van der Waals surface area contributed by atoms with E-state index in [4.69, 9.17) is 4.74 Å². The third kappa shape index (κ3) is 7.74. The first-order valence-corrected chi connectivity index (χ1v) is 12.2. The number of nitrogens with one attached hydrogen (secondary N) is 1. The summed E-state index contributed by atoms with van der Waals surface area (Å²) in [5.41, 5.74) is 0.486. The molecule has 2 aromatic rings. The second-order valence-electron chi connectivity index (χ2n) is 9.16. The Balaban J connectivity index is 2.23. The largest absolute Gasteiger partial charge is 0.460 e. The fourth-order valence-corrected chi connectivity index (χ4v) is 4.76. The number of sulfonamides is 1. The van der Waals surface area contributed by atoms with Crippen molar-refractivity contribution in [1.29, 1.82) is 0 Å². The van der Waals surface area contributed by atoms with Gasteiger partial charge in [0.1, 0.15) is 5.60 Å². The number of aryl methyl sites for hydroxylation is 1. The summed E-state index contributed by atoms with van der Waals surface area (Å²) in [6.07, 6.45) is -0.0185. The van der Waals surface area contributed by atoms with Gasteiger partial charge in [-0.3, -0.25) is 19.7 Å². The summed E-state index contributed by atoms with van der Waals surface area (Å²) >= 11 is 0. The molecule has 0 saturated carbocycles. The zero-order valence-electron chi connectivity index (χ0n) is 19.9. The van der Waals surface area contributed by atoms with Gasteiger partial charge in [0.2, 0.25) is 10.0 Å². The Hall–Kier alpha value is -3.11. The van der Waals surface area contributed by atoms with Crippen molar-refractivity contribution in [2.45, 2.75) is 64.0 Å². The van der Waals surface area contributed by atoms with E-state index in [-0.39, 0.29) is 12.8 Å². The smallest absolute Gasteiger partial charge is 0.310 e. The van der Waals surface area contributed by atoms with Crippen molar-refractivity contribution in [3.63, 3.8) is 0 Å². The fraction of sp³-hybridized carbons (Fsp3) is 0.417. The van der Waals surface area contributed by atoms with Gasteiger partial charge in [-0.2, -0.15) is 0 Å². The van der Waals surface area contributed by atoms with E-state index in [1.807, 2.05) is 31.2 Å². The number of nitro benzene ring substituents is 1. The van der Waals surface area contributed by atoms with E-state index in [1.54, 1.807) is 20.8 Å². The highest BCUT2D eigenvalue weighted by Crippen LogP contribution is 2.24. The molecule has 184 valence electrons. The molecule has 2 aromatic carbocycles. The highest BCUT2D eigenvalue weighted by Gasteiger charge is 2.32. The highest BCUT2D eigenvalue weighted by atomic mass is 32.2. The Labute approximate surface area is 199 Å². The maximum Gasteiger partial charge on any atom is 0.310 e. The minimum absolute atomic E-state index is 0.242. The van der Waals surface area contributed by atoms with E-state index in [9.17, 15) is 28.1 Å². The lowest BCUT2D eigenvalue weighted by atomic mass is 9.92. The van der Waals surface area contributed by atoms with Gasteiger partial charge in [0.15, 0.2) is 10.7 Å². The molecule has 0 heterocycles. The normalized spacial score (nSPS) is 13.7. The van der Waals surface area contributed by atoms with Crippen LogP contribution < -0.4 is 4.72 Å². The number of para-hydroxylation sites is 1. The van der Waals surface area contributed by atoms with Crippen LogP contribution in [-0.2, 0) is 30.8 Å². The van der Waals surface area contributed by atoms with Gasteiger partial charge in [0.05, 0.1) is 16.9 Å². The predicted molar refractivity (Wildman–Crippen MR) is 127 cm³/mol. The third-order valence-electron chi connectivity index (χ3n) is 4.92. The first-order valence-electron chi connectivity index (χ1n) is 10.8. The highest BCUT2D eigenvalue weighted by molar-refractivity contribution is 7.89. The molecule has 0 aliphatic rings. The second kappa shape index (κ2) is 10.9. The third-order valence-corrected chi connectivity index (χ3v) is 6.51. The van der Waals surface area contributed by atoms with Crippen LogP contribution in [0.5, 0.6) is 0 Å². The summed E-state index contributed by atoms with van der Waals surface area (Å²) in [6.45, 7) is 8.42. The van der Waals surface area contributed by atoms with Crippen LogP contribution in [-0.4, -0.2) is 36.7 Å². The molecule has 2 rings (SSSR count). The van der Waals surface area contributed by atoms with Crippen LogP contribution in [0.4, 0.5) is 5.69 Å². The molecule has 1 N–H and O–H groups in total. The van der Waals surface area contributed by atoms with Crippen LogP contribution in [0.2, 0.25) is 0 Å². The van der Waals surface area contributed by atoms with Gasteiger partial charge >= 0.3 is 5.97 Å². The molecule has 10 heteroatoms. The molecule has 2 atom stereocenters. The van der Waals surface area contributed by atoms with E-state index in [0.29, 0.717) is 0 Å². The lowest BCUT2D eigenvalue weighted by Crippen LogP contribution is -2.40. The number of ketones is 1. The Morgan fingerprint density at radius 3 is 2.35 bits per heavy atom. The average Bonchev–Trinajstić information content (AvgIpc) is 2.71. The van der Waals surface area contributed by atoms with Gasteiger partial charge in [0.25, 0.3) is 5.69 Å². The molecule has 0 unspecified atom stereocenters. The maximum absolute atomic E-state index is 12.9. The Morgan fingerprint density at radius 2 is 1.76 bits per heavy atom. The van der Waals surface area contributed by atoms with Gasteiger partial charge in [-0.1, -0.05) is 42.0 Å². The van der Waals surface area contributed by atoms with E-state index >= 15 is 0 Å². The van der Waals surface area contributed by atoms with Crippen LogP contribution in [0.1, 0.15) is 45.2 Å². The first kappa shape index (κ1) is 27.1. The number of carbonyl (C=O) groups is 2. The lowest BCUT2D eigenvalue weighted by Gasteiger charge is -2.24. The van der Waals surface area contributed by atoms with Gasteiger partial charge in [0, 0.05) is 12.5 Å². The fourth-order valence-electron chi connectivity index (χ4n) is 3.36. The van der Waals surface area contributed by atoms with Gasteiger partial charge in [-0.05, 0) is 52.7 Å². The minimum atomic E-state index is -4.36. The number of ether oxygens (including phenoxy) is 1. The molecule has 0 saturated heterocycles. The van der Waals surface area contributed by atoms with Crippen molar-refractivity contribution in [2.75, 3.05) is 0 Å². The lowest BCUT2D eigenvalue weighted by molar-refractivity contribution is -0.387. The monoisotopic (exact) mass is 490 g/mol. The topological polar surface area (TPSA) is 133 Å². The van der Waals surface area contributed by atoms with E-state index < -0.39 is 54.8 Å². The van der Waals surface area contributed by atoms with E-state index in [1.165, 1.54) is 19.1 Å². The predicted octanol–water partition coefficient (Wildman–Crippen LogP) is 3.73. The Morgan fingerprint density at radius 1 is 1.12 bits per heavy atom. The van der Waals surface area contributed by atoms with Crippen molar-refractivity contribution in [2.24, 2.45) is 5.92 Å². The van der Waals surface area contributed by atoms with Crippen LogP contribution in [0.3, 0.4) is 0 Å². The van der Waals surface area contributed by atoms with Crippen molar-refractivity contribution in [3.05, 3.63) is 69.8 Å². The number of benzene rings is 2. The van der Waals surface area contributed by atoms with Gasteiger partial charge < -0.3 is 4.74 Å². The summed E-state index contributed by atoms with van der Waals surface area (Å²) in [6, 6.07) is 11.2. The van der Waals surface area contributed by atoms with Crippen molar-refractivity contribution in [3.8, 4) is 0 Å². The molecule has 9 nitrogen and oxygen atoms in total. The number of rotatable bonds is 10. The van der Waals surface area contributed by atoms with Crippen LogP contribution >= 0.6 is 0 Å². The minimum Gasteiger partial charge on any atom is -0.460 e. The average molecular weight is 491 g/mol. The zero-order valence-corrected chi connectivity index (χ0v) is 20.7. The standard InChI is InChI=1S/C24H30N2O7S/c1-16-9-8-10-18(13-16)14-19(23(28)33-24(3,4)5)15-21(27)17(2)25-34(31,32)22-12-7-6-11-20(22)26(29)30/h6-13,17,19,25H,14-15H2,1-5H3/t17-,19+/m0/s1. The molecule has 0 aliphatic heterocycles. The number of hydrogen-bond acceptors (Lipinski definition) is 7. The Bertz CT molecular complexity index is 1170. The van der Waals surface area contributed by atoms with Gasteiger partial charge in [-0.15, -0.1) is 0 Å². The van der Waals surface area contributed by atoms with Crippen molar-refractivity contribution >= 4 is 27.5 Å². The second-order valence-corrected chi connectivity index (χ2v) is 10.8. The van der Waals surface area contributed by atoms with Crippen LogP contribution in [0, 0.1) is 23.0 Å². The van der Waals surface area contributed by atoms with Crippen LogP contribution in [0.15, 0.2) is 53.4 Å². The summed E-state index contributed by atoms with van der Waals surface area (Å²) in [4.78, 5) is 35.7. The van der Waals surface area contributed by atoms with E-state index in [0.717, 1.165) is 23.3 Å². The maximum atomic E-state index is 12.9. The molecule has 0 fully saturated rings. The molecule has 0 spiro atoms. The number of nitro groups is 1. The van der Waals surface area contributed by atoms with Crippen molar-refractivity contribution in [1.82, 2.24) is 4.72 Å². The SMILES string of the molecule is Cc1cccc(C[C@H](CC(=O)[C@H](C)NS(=O)(=O)c2ccccc2[N+](=O)[O-])C(=O)OC(C)(C)C)c1. The van der Waals surface area contributed by atoms with Crippen LogP contribution in [0.25, 0.3) is 0 Å². The summed E-state index contributed by atoms with van der Waals surface area (Å²) in [7, 11) is -4.36. The molecule has 34 heavy (non-hydrogen) atoms. The summed E-state index contributed by atoms with van der Waals surface area (Å²) in [5.74, 6) is -1.92. The Kier molecular flexibility index (Phi) is 8.68. The molecule has 0 radical (unpaired) electrons. The number of nitrogens with zero attached hydrogens (tertiary/aromatic N) is 1. The number of esters is 1. The number of hydrogen-bond donors (Lipinski definition) is 1. The molecule has 0 aliphatic carbocycles. The van der Waals surface area contributed by atoms with Gasteiger partial charge in [-0.25, -0.2) is 13.1 Å². The first-order chi connectivity index (χ1) is 15.7. The zero-order chi connectivity index (χ0) is 25.7.